The van der Waals surface area contributed by atoms with Crippen molar-refractivity contribution in [1.82, 2.24) is 4.31 Å². The van der Waals surface area contributed by atoms with Crippen LogP contribution < -0.4 is 5.73 Å². The molecule has 1 aromatic carbocycles. The molecular formula is C14H20N2O2S2. The van der Waals surface area contributed by atoms with E-state index in [-0.39, 0.29) is 5.41 Å². The number of thiocarbonyl (C=S) groups is 1. The van der Waals surface area contributed by atoms with E-state index in [4.69, 9.17) is 18.0 Å². The number of sulfonamides is 1. The van der Waals surface area contributed by atoms with Crippen molar-refractivity contribution >= 4 is 27.2 Å². The van der Waals surface area contributed by atoms with Gasteiger partial charge < -0.3 is 5.73 Å². The Bertz CT molecular complexity index is 618. The average Bonchev–Trinajstić information content (AvgIpc) is 2.39. The van der Waals surface area contributed by atoms with Crippen molar-refractivity contribution in [2.75, 3.05) is 13.1 Å². The average molecular weight is 312 g/mol. The van der Waals surface area contributed by atoms with Gasteiger partial charge in [-0.25, -0.2) is 8.42 Å². The molecule has 1 aliphatic rings. The Morgan fingerprint density at radius 3 is 2.35 bits per heavy atom. The molecule has 0 amide bonds. The van der Waals surface area contributed by atoms with Gasteiger partial charge in [0.2, 0.25) is 10.0 Å². The largest absolute Gasteiger partial charge is 0.393 e. The highest BCUT2D eigenvalue weighted by atomic mass is 32.2. The first-order valence-corrected chi connectivity index (χ1v) is 8.48. The van der Waals surface area contributed by atoms with Gasteiger partial charge in [-0.15, -0.1) is 0 Å². The van der Waals surface area contributed by atoms with E-state index in [2.05, 4.69) is 0 Å². The third-order valence-corrected chi connectivity index (χ3v) is 6.68. The molecule has 1 saturated heterocycles. The van der Waals surface area contributed by atoms with Gasteiger partial charge in [0.05, 0.1) is 9.88 Å². The molecule has 1 aromatic rings. The molecule has 0 spiro atoms. The van der Waals surface area contributed by atoms with Gasteiger partial charge in [-0.05, 0) is 31.4 Å². The Morgan fingerprint density at radius 1 is 1.30 bits per heavy atom. The lowest BCUT2D eigenvalue weighted by atomic mass is 9.81. The van der Waals surface area contributed by atoms with Crippen molar-refractivity contribution in [2.45, 2.75) is 31.6 Å². The van der Waals surface area contributed by atoms with E-state index in [0.29, 0.717) is 35.8 Å². The molecule has 6 heteroatoms. The number of hydrogen-bond acceptors (Lipinski definition) is 3. The zero-order valence-corrected chi connectivity index (χ0v) is 13.4. The van der Waals surface area contributed by atoms with Gasteiger partial charge in [-0.2, -0.15) is 4.31 Å². The zero-order chi connectivity index (χ0) is 15.0. The van der Waals surface area contributed by atoms with Gasteiger partial charge in [-0.1, -0.05) is 37.3 Å². The zero-order valence-electron chi connectivity index (χ0n) is 11.8. The van der Waals surface area contributed by atoms with E-state index in [1.54, 1.807) is 12.1 Å². The second kappa shape index (κ2) is 5.42. The number of piperidine rings is 1. The van der Waals surface area contributed by atoms with Gasteiger partial charge in [0.1, 0.15) is 0 Å². The maximum atomic E-state index is 12.7. The third kappa shape index (κ3) is 2.73. The number of nitrogens with two attached hydrogens (primary N) is 1. The maximum Gasteiger partial charge on any atom is 0.243 e. The van der Waals surface area contributed by atoms with Crippen molar-refractivity contribution in [2.24, 2.45) is 11.1 Å². The lowest BCUT2D eigenvalue weighted by Crippen LogP contribution is -2.46. The highest BCUT2D eigenvalue weighted by Crippen LogP contribution is 2.33. The summed E-state index contributed by atoms with van der Waals surface area (Å²) in [5.74, 6) is 0. The molecule has 4 nitrogen and oxygen atoms in total. The van der Waals surface area contributed by atoms with Gasteiger partial charge in [0.25, 0.3) is 0 Å². The summed E-state index contributed by atoms with van der Waals surface area (Å²) in [5, 5.41) is 0. The van der Waals surface area contributed by atoms with Crippen LogP contribution in [0.15, 0.2) is 29.2 Å². The van der Waals surface area contributed by atoms with Gasteiger partial charge in [0, 0.05) is 18.5 Å². The number of hydrogen-bond donors (Lipinski definition) is 1. The van der Waals surface area contributed by atoms with Crippen LogP contribution in [0.4, 0.5) is 0 Å². The SMILES string of the molecule is Cc1ccccc1S(=O)(=O)N1CCC(C)(C(N)=S)CC1. The fourth-order valence-electron chi connectivity index (χ4n) is 2.45. The summed E-state index contributed by atoms with van der Waals surface area (Å²) in [5.41, 5.74) is 6.30. The van der Waals surface area contributed by atoms with Crippen LogP contribution in [0.1, 0.15) is 25.3 Å². The van der Waals surface area contributed by atoms with Gasteiger partial charge >= 0.3 is 0 Å². The van der Waals surface area contributed by atoms with Crippen LogP contribution in [-0.2, 0) is 10.0 Å². The van der Waals surface area contributed by atoms with Crippen LogP contribution >= 0.6 is 12.2 Å². The fraction of sp³-hybridized carbons (Fsp3) is 0.500. The smallest absolute Gasteiger partial charge is 0.243 e. The number of aryl methyl sites for hydroxylation is 1. The van der Waals surface area contributed by atoms with E-state index in [1.165, 1.54) is 4.31 Å². The van der Waals surface area contributed by atoms with Gasteiger partial charge in [-0.3, -0.25) is 0 Å². The Morgan fingerprint density at radius 2 is 1.85 bits per heavy atom. The van der Waals surface area contributed by atoms with E-state index in [0.717, 1.165) is 5.56 Å². The topological polar surface area (TPSA) is 63.4 Å². The summed E-state index contributed by atoms with van der Waals surface area (Å²) in [6.07, 6.45) is 1.35. The van der Waals surface area contributed by atoms with E-state index < -0.39 is 10.0 Å². The van der Waals surface area contributed by atoms with E-state index in [9.17, 15) is 8.42 Å². The molecule has 2 N–H and O–H groups in total. The molecule has 0 aliphatic carbocycles. The van der Waals surface area contributed by atoms with Crippen molar-refractivity contribution in [3.05, 3.63) is 29.8 Å². The van der Waals surface area contributed by atoms with Crippen LogP contribution in [0, 0.1) is 12.3 Å². The number of benzene rings is 1. The Labute approximate surface area is 126 Å². The summed E-state index contributed by atoms with van der Waals surface area (Å²) in [6.45, 7) is 4.75. The standard InChI is InChI=1S/C14H20N2O2S2/c1-11-5-3-4-6-12(11)20(17,18)16-9-7-14(2,8-10-16)13(15)19/h3-6H,7-10H2,1-2H3,(H2,15,19). The molecule has 0 unspecified atom stereocenters. The quantitative estimate of drug-likeness (QED) is 0.868. The first-order chi connectivity index (χ1) is 9.27. The normalized spacial score (nSPS) is 19.7. The monoisotopic (exact) mass is 312 g/mol. The Kier molecular flexibility index (Phi) is 4.18. The molecule has 1 heterocycles. The van der Waals surface area contributed by atoms with Crippen LogP contribution in [0.25, 0.3) is 0 Å². The molecule has 0 aromatic heterocycles. The first kappa shape index (κ1) is 15.4. The minimum atomic E-state index is -3.42. The first-order valence-electron chi connectivity index (χ1n) is 6.63. The molecule has 0 bridgehead atoms. The Hall–Kier alpha value is -0.980. The van der Waals surface area contributed by atoms with Crippen LogP contribution in [0.5, 0.6) is 0 Å². The molecule has 0 saturated carbocycles. The number of rotatable bonds is 3. The molecule has 0 atom stereocenters. The molecule has 1 fully saturated rings. The summed E-state index contributed by atoms with van der Waals surface area (Å²) >= 11 is 5.09. The Balaban J connectivity index is 2.22. The van der Waals surface area contributed by atoms with Crippen LogP contribution in [0.3, 0.4) is 0 Å². The second-order valence-corrected chi connectivity index (χ2v) is 7.94. The highest BCUT2D eigenvalue weighted by Gasteiger charge is 2.37. The molecule has 2 rings (SSSR count). The molecule has 110 valence electrons. The third-order valence-electron chi connectivity index (χ3n) is 4.13. The minimum Gasteiger partial charge on any atom is -0.393 e. The van der Waals surface area contributed by atoms with Crippen LogP contribution in [-0.4, -0.2) is 30.8 Å². The summed E-state index contributed by atoms with van der Waals surface area (Å²) < 4.78 is 26.8. The van der Waals surface area contributed by atoms with Crippen molar-refractivity contribution in [1.29, 1.82) is 0 Å². The lowest BCUT2D eigenvalue weighted by Gasteiger charge is -2.38. The lowest BCUT2D eigenvalue weighted by molar-refractivity contribution is 0.244. The van der Waals surface area contributed by atoms with Crippen molar-refractivity contribution < 1.29 is 8.42 Å². The summed E-state index contributed by atoms with van der Waals surface area (Å²) in [4.78, 5) is 0.865. The predicted octanol–water partition coefficient (Wildman–Crippen LogP) is 2.07. The number of nitrogens with zero attached hydrogens (tertiary/aromatic N) is 1. The molecule has 1 aliphatic heterocycles. The van der Waals surface area contributed by atoms with Gasteiger partial charge in [0.15, 0.2) is 0 Å². The van der Waals surface area contributed by atoms with E-state index in [1.807, 2.05) is 26.0 Å². The molecule has 20 heavy (non-hydrogen) atoms. The van der Waals surface area contributed by atoms with Crippen LogP contribution in [0.2, 0.25) is 0 Å². The van der Waals surface area contributed by atoms with E-state index >= 15 is 0 Å². The summed E-state index contributed by atoms with van der Waals surface area (Å²) in [7, 11) is -3.42. The van der Waals surface area contributed by atoms with Crippen molar-refractivity contribution in [3.63, 3.8) is 0 Å². The van der Waals surface area contributed by atoms with Crippen molar-refractivity contribution in [3.8, 4) is 0 Å². The molecular weight excluding hydrogens is 292 g/mol. The minimum absolute atomic E-state index is 0.229. The summed E-state index contributed by atoms with van der Waals surface area (Å²) in [6, 6.07) is 7.07. The fourth-order valence-corrected chi connectivity index (χ4v) is 4.32. The molecule has 0 radical (unpaired) electrons. The maximum absolute atomic E-state index is 12.7. The second-order valence-electron chi connectivity index (χ2n) is 5.59. The predicted molar refractivity (Wildman–Crippen MR) is 84.1 cm³/mol. The highest BCUT2D eigenvalue weighted by molar-refractivity contribution is 7.89.